The molecule has 0 bridgehead atoms. The van der Waals surface area contributed by atoms with E-state index < -0.39 is 12.0 Å². The molecule has 0 radical (unpaired) electrons. The second-order valence-electron chi connectivity index (χ2n) is 5.71. The van der Waals surface area contributed by atoms with Crippen LogP contribution in [0.25, 0.3) is 0 Å². The van der Waals surface area contributed by atoms with E-state index >= 15 is 0 Å². The second-order valence-corrected chi connectivity index (χ2v) is 5.71. The number of rotatable bonds is 6. The van der Waals surface area contributed by atoms with Crippen LogP contribution in [0.1, 0.15) is 38.2 Å². The molecule has 138 valence electrons. The molecule has 0 aliphatic rings. The van der Waals surface area contributed by atoms with E-state index in [9.17, 15) is 9.59 Å². The maximum atomic E-state index is 12.6. The van der Waals surface area contributed by atoms with E-state index in [2.05, 4.69) is 25.8 Å². The lowest BCUT2D eigenvalue weighted by Gasteiger charge is -2.17. The number of methoxy groups -OCH3 is 1. The number of pyridine rings is 1. The van der Waals surface area contributed by atoms with Crippen LogP contribution >= 0.6 is 0 Å². The number of carbonyl (C=O) groups excluding carboxylic acids is 2. The van der Waals surface area contributed by atoms with Crippen molar-refractivity contribution in [2.45, 2.75) is 6.10 Å². The highest BCUT2D eigenvalue weighted by molar-refractivity contribution is 6.05. The van der Waals surface area contributed by atoms with Gasteiger partial charge in [0.15, 0.2) is 0 Å². The standard InChI is InChI=1S/C19H19N5O3/c1-20-19(26)16-9-13(18(25)23-14-10-21-22-11-14)8-15(24-16)17(27-2)12-6-4-3-5-7-12/h3-11,17H,1-2H3,(H,20,26)(H,21,22)(H,23,25)/t17-/m1/s1. The average Bonchev–Trinajstić information content (AvgIpc) is 3.21. The highest BCUT2D eigenvalue weighted by atomic mass is 16.5. The highest BCUT2D eigenvalue weighted by Crippen LogP contribution is 2.25. The largest absolute Gasteiger partial charge is 0.370 e. The summed E-state index contributed by atoms with van der Waals surface area (Å²) >= 11 is 0. The number of nitrogens with zero attached hydrogens (tertiary/aromatic N) is 2. The summed E-state index contributed by atoms with van der Waals surface area (Å²) in [7, 11) is 3.06. The number of H-pyrrole nitrogens is 1. The SMILES string of the molecule is CNC(=O)c1cc(C(=O)Nc2cn[nH]c2)cc([C@H](OC)c2ccccc2)n1. The molecule has 27 heavy (non-hydrogen) atoms. The lowest BCUT2D eigenvalue weighted by molar-refractivity contribution is 0.0955. The van der Waals surface area contributed by atoms with Gasteiger partial charge in [-0.3, -0.25) is 14.7 Å². The summed E-state index contributed by atoms with van der Waals surface area (Å²) in [5, 5.41) is 11.7. The minimum Gasteiger partial charge on any atom is -0.370 e. The Morgan fingerprint density at radius 2 is 1.93 bits per heavy atom. The monoisotopic (exact) mass is 365 g/mol. The first-order chi connectivity index (χ1) is 13.1. The van der Waals surface area contributed by atoms with Gasteiger partial charge in [-0.2, -0.15) is 5.10 Å². The van der Waals surface area contributed by atoms with Crippen molar-refractivity contribution in [3.05, 3.63) is 77.4 Å². The quantitative estimate of drug-likeness (QED) is 0.620. The van der Waals surface area contributed by atoms with Crippen LogP contribution in [0, 0.1) is 0 Å². The minimum absolute atomic E-state index is 0.130. The molecule has 0 spiro atoms. The minimum atomic E-state index is -0.517. The van der Waals surface area contributed by atoms with Crippen LogP contribution in [-0.2, 0) is 4.74 Å². The molecule has 0 aliphatic heterocycles. The van der Waals surface area contributed by atoms with E-state index in [1.54, 1.807) is 19.4 Å². The van der Waals surface area contributed by atoms with Crippen LogP contribution in [0.2, 0.25) is 0 Å². The molecule has 2 aromatic heterocycles. The van der Waals surface area contributed by atoms with Crippen molar-refractivity contribution >= 4 is 17.5 Å². The van der Waals surface area contributed by atoms with Crippen molar-refractivity contribution in [3.8, 4) is 0 Å². The van der Waals surface area contributed by atoms with Gasteiger partial charge in [0.1, 0.15) is 11.8 Å². The summed E-state index contributed by atoms with van der Waals surface area (Å²) in [5.41, 5.74) is 2.26. The van der Waals surface area contributed by atoms with Crippen LogP contribution in [0.15, 0.2) is 54.9 Å². The third-order valence-corrected chi connectivity index (χ3v) is 3.93. The number of hydrogen-bond donors (Lipinski definition) is 3. The molecule has 1 atom stereocenters. The zero-order chi connectivity index (χ0) is 19.2. The molecular weight excluding hydrogens is 346 g/mol. The zero-order valence-corrected chi connectivity index (χ0v) is 14.9. The number of benzene rings is 1. The lowest BCUT2D eigenvalue weighted by atomic mass is 10.0. The van der Waals surface area contributed by atoms with Gasteiger partial charge >= 0.3 is 0 Å². The fourth-order valence-electron chi connectivity index (χ4n) is 2.64. The number of ether oxygens (including phenoxy) is 1. The molecule has 1 aromatic carbocycles. The van der Waals surface area contributed by atoms with Gasteiger partial charge in [-0.05, 0) is 17.7 Å². The third-order valence-electron chi connectivity index (χ3n) is 3.93. The Bertz CT molecular complexity index is 926. The molecule has 0 fully saturated rings. The van der Waals surface area contributed by atoms with Crippen molar-refractivity contribution in [2.75, 3.05) is 19.5 Å². The number of carbonyl (C=O) groups is 2. The Labute approximate surface area is 156 Å². The molecule has 2 heterocycles. The second kappa shape index (κ2) is 8.24. The molecule has 0 saturated carbocycles. The Balaban J connectivity index is 2.02. The molecule has 0 saturated heterocycles. The molecule has 8 nitrogen and oxygen atoms in total. The van der Waals surface area contributed by atoms with Crippen molar-refractivity contribution in [1.82, 2.24) is 20.5 Å². The van der Waals surface area contributed by atoms with E-state index in [1.165, 1.54) is 19.3 Å². The number of hydrogen-bond acceptors (Lipinski definition) is 5. The van der Waals surface area contributed by atoms with Crippen LogP contribution < -0.4 is 10.6 Å². The summed E-state index contributed by atoms with van der Waals surface area (Å²) in [6.07, 6.45) is 2.53. The number of nitrogens with one attached hydrogen (secondary N) is 3. The van der Waals surface area contributed by atoms with Crippen molar-refractivity contribution in [3.63, 3.8) is 0 Å². The molecule has 3 rings (SSSR count). The van der Waals surface area contributed by atoms with Crippen LogP contribution in [-0.4, -0.2) is 41.2 Å². The highest BCUT2D eigenvalue weighted by Gasteiger charge is 2.20. The molecule has 0 aliphatic carbocycles. The summed E-state index contributed by atoms with van der Waals surface area (Å²) in [4.78, 5) is 29.2. The fraction of sp³-hybridized carbons (Fsp3) is 0.158. The number of amides is 2. The maximum Gasteiger partial charge on any atom is 0.269 e. The molecule has 2 amide bonds. The van der Waals surface area contributed by atoms with E-state index in [1.807, 2.05) is 30.3 Å². The van der Waals surface area contributed by atoms with Gasteiger partial charge in [0.25, 0.3) is 11.8 Å². The predicted molar refractivity (Wildman–Crippen MR) is 99.5 cm³/mol. The normalized spacial score (nSPS) is 11.6. The molecule has 3 N–H and O–H groups in total. The maximum absolute atomic E-state index is 12.6. The molecule has 3 aromatic rings. The first-order valence-electron chi connectivity index (χ1n) is 8.24. The van der Waals surface area contributed by atoms with Gasteiger partial charge in [0.2, 0.25) is 0 Å². The molecule has 0 unspecified atom stereocenters. The van der Waals surface area contributed by atoms with Gasteiger partial charge in [0.05, 0.1) is 17.6 Å². The smallest absolute Gasteiger partial charge is 0.269 e. The van der Waals surface area contributed by atoms with Gasteiger partial charge in [-0.1, -0.05) is 30.3 Å². The summed E-state index contributed by atoms with van der Waals surface area (Å²) in [5.74, 6) is -0.773. The van der Waals surface area contributed by atoms with Crippen molar-refractivity contribution in [2.24, 2.45) is 0 Å². The van der Waals surface area contributed by atoms with E-state index in [4.69, 9.17) is 4.74 Å². The predicted octanol–water partition coefficient (Wildman–Crippen LogP) is 2.15. The van der Waals surface area contributed by atoms with Gasteiger partial charge < -0.3 is 15.4 Å². The summed E-state index contributed by atoms with van der Waals surface area (Å²) in [6.45, 7) is 0. The van der Waals surface area contributed by atoms with Crippen molar-refractivity contribution in [1.29, 1.82) is 0 Å². The number of aromatic nitrogens is 3. The van der Waals surface area contributed by atoms with Gasteiger partial charge in [0, 0.05) is 25.9 Å². The summed E-state index contributed by atoms with van der Waals surface area (Å²) in [6, 6.07) is 12.5. The fourth-order valence-corrected chi connectivity index (χ4v) is 2.64. The third kappa shape index (κ3) is 4.18. The lowest BCUT2D eigenvalue weighted by Crippen LogP contribution is -2.22. The topological polar surface area (TPSA) is 109 Å². The molecule has 8 heteroatoms. The zero-order valence-electron chi connectivity index (χ0n) is 14.9. The molecular formula is C19H19N5O3. The van der Waals surface area contributed by atoms with Crippen LogP contribution in [0.4, 0.5) is 5.69 Å². The van der Waals surface area contributed by atoms with Gasteiger partial charge in [-0.15, -0.1) is 0 Å². The first kappa shape index (κ1) is 18.3. The van der Waals surface area contributed by atoms with E-state index in [0.29, 0.717) is 11.4 Å². The van der Waals surface area contributed by atoms with Crippen LogP contribution in [0.5, 0.6) is 0 Å². The Morgan fingerprint density at radius 3 is 2.56 bits per heavy atom. The van der Waals surface area contributed by atoms with Gasteiger partial charge in [-0.25, -0.2) is 4.98 Å². The Kier molecular flexibility index (Phi) is 5.58. The number of aromatic amines is 1. The van der Waals surface area contributed by atoms with E-state index in [0.717, 1.165) is 5.56 Å². The Hall–Kier alpha value is -3.52. The Morgan fingerprint density at radius 1 is 1.15 bits per heavy atom. The summed E-state index contributed by atoms with van der Waals surface area (Å²) < 4.78 is 5.59. The first-order valence-corrected chi connectivity index (χ1v) is 8.24. The van der Waals surface area contributed by atoms with Crippen molar-refractivity contribution < 1.29 is 14.3 Å². The number of anilines is 1. The van der Waals surface area contributed by atoms with Crippen LogP contribution in [0.3, 0.4) is 0 Å². The average molecular weight is 365 g/mol. The van der Waals surface area contributed by atoms with E-state index in [-0.39, 0.29) is 17.2 Å².